The first-order chi connectivity index (χ1) is 13.2. The molecule has 138 valence electrons. The van der Waals surface area contributed by atoms with Crippen LogP contribution in [-0.2, 0) is 6.42 Å². The molecule has 1 amide bonds. The van der Waals surface area contributed by atoms with E-state index in [1.807, 2.05) is 35.5 Å². The number of hydrogen-bond acceptors (Lipinski definition) is 5. The van der Waals surface area contributed by atoms with E-state index >= 15 is 0 Å². The molecule has 7 heteroatoms. The molecular weight excluding hydrogens is 342 g/mol. The van der Waals surface area contributed by atoms with Gasteiger partial charge in [-0.15, -0.1) is 0 Å². The Morgan fingerprint density at radius 1 is 1.33 bits per heavy atom. The Bertz CT molecular complexity index is 1040. The van der Waals surface area contributed by atoms with Crippen molar-refractivity contribution >= 4 is 11.6 Å². The monoisotopic (exact) mass is 363 g/mol. The minimum Gasteiger partial charge on any atom is -0.477 e. The largest absolute Gasteiger partial charge is 0.477 e. The first-order valence-corrected chi connectivity index (χ1v) is 9.42. The maximum absolute atomic E-state index is 13.4. The number of carbonyl (C=O) groups excluding carboxylic acids is 1. The zero-order chi connectivity index (χ0) is 18.5. The van der Waals surface area contributed by atoms with Crippen LogP contribution in [0.2, 0.25) is 0 Å². The first-order valence-electron chi connectivity index (χ1n) is 9.42. The molecule has 27 heavy (non-hydrogen) atoms. The molecule has 0 N–H and O–H groups in total. The summed E-state index contributed by atoms with van der Waals surface area (Å²) in [5.41, 5.74) is 4.65. The van der Waals surface area contributed by atoms with Gasteiger partial charge in [-0.25, -0.2) is 14.5 Å². The second kappa shape index (κ2) is 6.04. The third-order valence-corrected chi connectivity index (χ3v) is 5.55. The Kier molecular flexibility index (Phi) is 3.63. The maximum Gasteiger partial charge on any atom is 0.260 e. The minimum absolute atomic E-state index is 0.0126. The van der Waals surface area contributed by atoms with Gasteiger partial charge >= 0.3 is 0 Å². The fraction of sp³-hybridized carbons (Fsp3) is 0.400. The number of amides is 1. The highest BCUT2D eigenvalue weighted by molar-refractivity contribution is 5.97. The van der Waals surface area contributed by atoms with Crippen LogP contribution >= 0.6 is 0 Å². The lowest BCUT2D eigenvalue weighted by Crippen LogP contribution is -2.43. The lowest BCUT2D eigenvalue weighted by atomic mass is 9.98. The number of fused-ring (bicyclic) bond motifs is 6. The fourth-order valence-corrected chi connectivity index (χ4v) is 4.46. The number of hydrogen-bond donors (Lipinski definition) is 0. The highest BCUT2D eigenvalue weighted by Gasteiger charge is 2.44. The Balaban J connectivity index is 1.57. The molecule has 2 aliphatic rings. The molecule has 1 saturated heterocycles. The van der Waals surface area contributed by atoms with E-state index in [2.05, 4.69) is 15.1 Å². The molecule has 0 aromatic carbocycles. The van der Waals surface area contributed by atoms with Gasteiger partial charge in [0.2, 0.25) is 5.88 Å². The first kappa shape index (κ1) is 16.2. The Morgan fingerprint density at radius 2 is 2.22 bits per heavy atom. The summed E-state index contributed by atoms with van der Waals surface area (Å²) in [5.74, 6) is 0.396. The highest BCUT2D eigenvalue weighted by Crippen LogP contribution is 2.44. The van der Waals surface area contributed by atoms with Gasteiger partial charge in [0.15, 0.2) is 5.65 Å². The topological polar surface area (TPSA) is 72.6 Å². The molecule has 1 fully saturated rings. The molecular formula is C20H21N5O2. The molecule has 0 radical (unpaired) electrons. The summed E-state index contributed by atoms with van der Waals surface area (Å²) in [6.07, 6.45) is 6.30. The number of ether oxygens (including phenoxy) is 1. The van der Waals surface area contributed by atoms with Crippen molar-refractivity contribution in [2.45, 2.75) is 45.2 Å². The van der Waals surface area contributed by atoms with Gasteiger partial charge in [0, 0.05) is 36.5 Å². The van der Waals surface area contributed by atoms with E-state index in [9.17, 15) is 4.79 Å². The summed E-state index contributed by atoms with van der Waals surface area (Å²) in [6, 6.07) is 5.77. The van der Waals surface area contributed by atoms with Crippen molar-refractivity contribution in [3.05, 3.63) is 53.1 Å². The van der Waals surface area contributed by atoms with Crippen LogP contribution in [0.4, 0.5) is 0 Å². The number of pyridine rings is 1. The smallest absolute Gasteiger partial charge is 0.260 e. The van der Waals surface area contributed by atoms with E-state index in [0.29, 0.717) is 18.1 Å². The molecule has 5 rings (SSSR count). The molecule has 0 saturated carbocycles. The zero-order valence-corrected chi connectivity index (χ0v) is 15.4. The fourth-order valence-electron chi connectivity index (χ4n) is 4.46. The van der Waals surface area contributed by atoms with Gasteiger partial charge in [-0.2, -0.15) is 5.10 Å². The molecule has 0 aliphatic carbocycles. The van der Waals surface area contributed by atoms with Crippen LogP contribution < -0.4 is 4.74 Å². The van der Waals surface area contributed by atoms with Crippen LogP contribution in [0.5, 0.6) is 5.88 Å². The van der Waals surface area contributed by atoms with Gasteiger partial charge < -0.3 is 9.64 Å². The van der Waals surface area contributed by atoms with Crippen molar-refractivity contribution in [3.63, 3.8) is 0 Å². The molecule has 2 atom stereocenters. The third-order valence-electron chi connectivity index (χ3n) is 5.55. The quantitative estimate of drug-likeness (QED) is 0.715. The van der Waals surface area contributed by atoms with E-state index < -0.39 is 0 Å². The second-order valence-corrected chi connectivity index (χ2v) is 7.17. The van der Waals surface area contributed by atoms with Crippen LogP contribution in [0.1, 0.15) is 53.1 Å². The van der Waals surface area contributed by atoms with Crippen molar-refractivity contribution in [2.75, 3.05) is 6.61 Å². The number of aromatic nitrogens is 4. The van der Waals surface area contributed by atoms with Gasteiger partial charge in [0.1, 0.15) is 5.56 Å². The summed E-state index contributed by atoms with van der Waals surface area (Å²) in [4.78, 5) is 24.2. The summed E-state index contributed by atoms with van der Waals surface area (Å²) in [6.45, 7) is 4.35. The normalized spacial score (nSPS) is 20.7. The number of nitrogens with zero attached hydrogens (tertiary/aromatic N) is 5. The van der Waals surface area contributed by atoms with E-state index in [-0.39, 0.29) is 18.0 Å². The zero-order valence-electron chi connectivity index (χ0n) is 15.4. The third kappa shape index (κ3) is 2.41. The van der Waals surface area contributed by atoms with Crippen molar-refractivity contribution in [1.82, 2.24) is 24.5 Å². The molecule has 3 aromatic heterocycles. The Labute approximate surface area is 157 Å². The predicted molar refractivity (Wildman–Crippen MR) is 98.8 cm³/mol. The van der Waals surface area contributed by atoms with Crippen LogP contribution in [0, 0.1) is 6.92 Å². The summed E-state index contributed by atoms with van der Waals surface area (Å²) < 4.78 is 7.54. The molecule has 7 nitrogen and oxygen atoms in total. The van der Waals surface area contributed by atoms with E-state index in [1.54, 1.807) is 18.3 Å². The molecule has 2 bridgehead atoms. The van der Waals surface area contributed by atoms with Gasteiger partial charge in [-0.05, 0) is 38.8 Å². The molecule has 2 aliphatic heterocycles. The standard InChI is InChI=1S/C20H21N5O2/c1-3-27-19-14(5-4-8-21-19)20(26)24-13-6-7-16(24)15-11-22-18-9-12(2)23-25(18)17(15)10-13/h4-5,8-9,11,13,16H,3,6-7,10H2,1-2H3/t13-,16-/m0/s1. The van der Waals surface area contributed by atoms with Crippen molar-refractivity contribution in [3.8, 4) is 5.88 Å². The SMILES string of the molecule is CCOc1ncccc1C(=O)N1[C@H]2CC[C@H]1c1cnc3cc(C)nn3c1C2. The molecule has 0 unspecified atom stereocenters. The summed E-state index contributed by atoms with van der Waals surface area (Å²) >= 11 is 0. The van der Waals surface area contributed by atoms with Gasteiger partial charge in [0.05, 0.1) is 24.0 Å². The molecule has 0 spiro atoms. The average molecular weight is 363 g/mol. The predicted octanol–water partition coefficient (Wildman–Crippen LogP) is 2.73. The number of rotatable bonds is 3. The van der Waals surface area contributed by atoms with E-state index in [4.69, 9.17) is 4.74 Å². The minimum atomic E-state index is -0.0126. The number of aryl methyl sites for hydroxylation is 1. The lowest BCUT2D eigenvalue weighted by Gasteiger charge is -2.36. The van der Waals surface area contributed by atoms with Crippen LogP contribution in [0.25, 0.3) is 5.65 Å². The van der Waals surface area contributed by atoms with Crippen LogP contribution in [0.15, 0.2) is 30.6 Å². The van der Waals surface area contributed by atoms with Gasteiger partial charge in [-0.3, -0.25) is 4.79 Å². The van der Waals surface area contributed by atoms with Crippen LogP contribution in [-0.4, -0.2) is 43.0 Å². The highest BCUT2D eigenvalue weighted by atomic mass is 16.5. The van der Waals surface area contributed by atoms with Gasteiger partial charge in [-0.1, -0.05) is 0 Å². The maximum atomic E-state index is 13.4. The lowest BCUT2D eigenvalue weighted by molar-refractivity contribution is 0.0637. The second-order valence-electron chi connectivity index (χ2n) is 7.17. The Morgan fingerprint density at radius 3 is 3.07 bits per heavy atom. The molecule has 3 aromatic rings. The van der Waals surface area contributed by atoms with Gasteiger partial charge in [0.25, 0.3) is 5.91 Å². The Hall–Kier alpha value is -2.96. The van der Waals surface area contributed by atoms with E-state index in [0.717, 1.165) is 36.2 Å². The van der Waals surface area contributed by atoms with E-state index in [1.165, 1.54) is 5.69 Å². The number of carbonyl (C=O) groups is 1. The van der Waals surface area contributed by atoms with Crippen molar-refractivity contribution in [1.29, 1.82) is 0 Å². The van der Waals surface area contributed by atoms with Crippen molar-refractivity contribution in [2.24, 2.45) is 0 Å². The van der Waals surface area contributed by atoms with Crippen LogP contribution in [0.3, 0.4) is 0 Å². The van der Waals surface area contributed by atoms with Crippen molar-refractivity contribution < 1.29 is 9.53 Å². The summed E-state index contributed by atoms with van der Waals surface area (Å²) in [7, 11) is 0. The average Bonchev–Trinajstić information content (AvgIpc) is 3.20. The summed E-state index contributed by atoms with van der Waals surface area (Å²) in [5, 5.41) is 4.61. The molecule has 5 heterocycles.